The molecule has 47 heavy (non-hydrogen) atoms. The van der Waals surface area contributed by atoms with Gasteiger partial charge >= 0.3 is 0 Å². The predicted octanol–water partition coefficient (Wildman–Crippen LogP) is 10.6. The van der Waals surface area contributed by atoms with Crippen molar-refractivity contribution in [3.8, 4) is 11.1 Å². The molecule has 4 heteroatoms. The first-order chi connectivity index (χ1) is 22.5. The average molecular weight is 632 g/mol. The van der Waals surface area contributed by atoms with Gasteiger partial charge in [-0.1, -0.05) is 150 Å². The van der Waals surface area contributed by atoms with Gasteiger partial charge in [-0.25, -0.2) is 9.98 Å². The molecule has 2 aliphatic heterocycles. The van der Waals surface area contributed by atoms with Crippen LogP contribution >= 0.6 is 11.8 Å². The Bertz CT molecular complexity index is 2080. The third-order valence-corrected chi connectivity index (χ3v) is 11.5. The summed E-state index contributed by atoms with van der Waals surface area (Å²) in [4.78, 5) is 13.2. The molecular formula is C43H41N3S. The number of hydrogen-bond donors (Lipinski definition) is 1. The average Bonchev–Trinajstić information content (AvgIpc) is 3.27. The second-order valence-electron chi connectivity index (χ2n) is 15.1. The van der Waals surface area contributed by atoms with Crippen LogP contribution in [-0.2, 0) is 16.2 Å². The fourth-order valence-electron chi connectivity index (χ4n) is 8.12. The van der Waals surface area contributed by atoms with Crippen LogP contribution < -0.4 is 5.32 Å². The van der Waals surface area contributed by atoms with Crippen molar-refractivity contribution in [1.82, 2.24) is 5.32 Å². The van der Waals surface area contributed by atoms with E-state index in [1.165, 1.54) is 43.2 Å². The lowest BCUT2D eigenvalue weighted by Crippen LogP contribution is -2.36. The number of nitrogens with one attached hydrogen (secondary N) is 1. The number of amidine groups is 2. The van der Waals surface area contributed by atoms with Gasteiger partial charge in [0.2, 0.25) is 0 Å². The lowest BCUT2D eigenvalue weighted by molar-refractivity contribution is 0.403. The van der Waals surface area contributed by atoms with Crippen LogP contribution in [0.1, 0.15) is 93.1 Å². The molecule has 8 rings (SSSR count). The molecular weight excluding hydrogens is 591 g/mol. The van der Waals surface area contributed by atoms with Crippen LogP contribution in [0, 0.1) is 0 Å². The fraction of sp³-hybridized carbons (Fsp3) is 0.256. The molecule has 234 valence electrons. The molecule has 1 aliphatic carbocycles. The summed E-state index contributed by atoms with van der Waals surface area (Å²) in [6, 6.07) is 41.8. The molecule has 3 nitrogen and oxygen atoms in total. The first kappa shape index (κ1) is 30.0. The molecule has 0 bridgehead atoms. The molecule has 0 radical (unpaired) electrons. The number of benzene rings is 5. The van der Waals surface area contributed by atoms with E-state index in [9.17, 15) is 0 Å². The Labute approximate surface area is 283 Å². The van der Waals surface area contributed by atoms with Crippen molar-refractivity contribution in [1.29, 1.82) is 0 Å². The second kappa shape index (κ2) is 10.8. The standard InChI is InChI=1S/C43H41N3S/c1-41(2)26-42(3,4)35-24-30(20-22-32(35)41)39-44-38(29-18-16-28(17-19-29)27-12-8-7-9-13-27)45-40(46-39)31-21-23-34-37(25-31)47-36-15-11-10-14-33(36)43(34,5)6/h7-25,40H,26H2,1-6H3,(H,44,45,46). The molecule has 1 atom stereocenters. The minimum atomic E-state index is -0.362. The SMILES string of the molecule is CC1(C)CC(C)(C)c2cc(C3=NC(c4ccc5c(c4)Sc4ccccc4C5(C)C)N=C(c4ccc(-c5ccccc5)cc4)N3)ccc21. The summed E-state index contributed by atoms with van der Waals surface area (Å²) in [5.74, 6) is 1.71. The number of aliphatic imine (C=N–C) groups is 2. The number of nitrogens with zero attached hydrogens (tertiary/aromatic N) is 2. The van der Waals surface area contributed by atoms with Crippen LogP contribution in [0.5, 0.6) is 0 Å². The van der Waals surface area contributed by atoms with Gasteiger partial charge in [0.15, 0.2) is 6.17 Å². The van der Waals surface area contributed by atoms with Crippen molar-refractivity contribution < 1.29 is 0 Å². The van der Waals surface area contributed by atoms with Gasteiger partial charge in [-0.05, 0) is 74.4 Å². The largest absolute Gasteiger partial charge is 0.324 e. The van der Waals surface area contributed by atoms with Crippen molar-refractivity contribution in [2.24, 2.45) is 9.98 Å². The lowest BCUT2D eigenvalue weighted by atomic mass is 9.77. The van der Waals surface area contributed by atoms with Gasteiger partial charge in [0, 0.05) is 26.3 Å². The van der Waals surface area contributed by atoms with E-state index >= 15 is 0 Å². The summed E-state index contributed by atoms with van der Waals surface area (Å²) in [6.45, 7) is 14.1. The number of fused-ring (bicyclic) bond motifs is 3. The molecule has 5 aromatic rings. The Morgan fingerprint density at radius 1 is 0.532 bits per heavy atom. The van der Waals surface area contributed by atoms with E-state index in [2.05, 4.69) is 162 Å². The molecule has 0 aromatic heterocycles. The van der Waals surface area contributed by atoms with Crippen LogP contribution in [0.15, 0.2) is 135 Å². The van der Waals surface area contributed by atoms with Crippen molar-refractivity contribution in [2.75, 3.05) is 0 Å². The Balaban J connectivity index is 1.22. The zero-order valence-electron chi connectivity index (χ0n) is 28.1. The van der Waals surface area contributed by atoms with E-state index in [1.54, 1.807) is 0 Å². The zero-order valence-corrected chi connectivity index (χ0v) is 28.9. The molecule has 5 aromatic carbocycles. The first-order valence-electron chi connectivity index (χ1n) is 16.7. The van der Waals surface area contributed by atoms with Crippen LogP contribution in [0.2, 0.25) is 0 Å². The van der Waals surface area contributed by atoms with Gasteiger partial charge in [-0.2, -0.15) is 0 Å². The van der Waals surface area contributed by atoms with E-state index in [0.717, 1.165) is 34.8 Å². The zero-order chi connectivity index (χ0) is 32.6. The normalized spacial score (nSPS) is 19.8. The molecule has 1 N–H and O–H groups in total. The molecule has 0 saturated heterocycles. The van der Waals surface area contributed by atoms with Gasteiger partial charge in [-0.15, -0.1) is 0 Å². The summed E-state index contributed by atoms with van der Waals surface area (Å²) < 4.78 is 0. The maximum absolute atomic E-state index is 5.31. The van der Waals surface area contributed by atoms with Crippen LogP contribution in [0.3, 0.4) is 0 Å². The molecule has 0 fully saturated rings. The molecule has 0 amide bonds. The minimum absolute atomic E-state index is 0.0713. The maximum atomic E-state index is 5.31. The van der Waals surface area contributed by atoms with Crippen molar-refractivity contribution in [3.63, 3.8) is 0 Å². The first-order valence-corrected chi connectivity index (χ1v) is 17.5. The third-order valence-electron chi connectivity index (χ3n) is 10.4. The van der Waals surface area contributed by atoms with E-state index < -0.39 is 0 Å². The highest BCUT2D eigenvalue weighted by atomic mass is 32.2. The Morgan fingerprint density at radius 2 is 1.11 bits per heavy atom. The van der Waals surface area contributed by atoms with Gasteiger partial charge in [0.25, 0.3) is 0 Å². The summed E-state index contributed by atoms with van der Waals surface area (Å²) >= 11 is 1.86. The monoisotopic (exact) mass is 631 g/mol. The smallest absolute Gasteiger partial charge is 0.169 e. The molecule has 2 heterocycles. The second-order valence-corrected chi connectivity index (χ2v) is 16.2. The van der Waals surface area contributed by atoms with Gasteiger partial charge in [-0.3, -0.25) is 0 Å². The number of hydrogen-bond acceptors (Lipinski definition) is 4. The summed E-state index contributed by atoms with van der Waals surface area (Å²) in [5, 5.41) is 3.67. The Hall–Kier alpha value is -4.41. The Kier molecular flexibility index (Phi) is 6.89. The molecule has 1 unspecified atom stereocenters. The third kappa shape index (κ3) is 5.14. The topological polar surface area (TPSA) is 36.8 Å². The van der Waals surface area contributed by atoms with Gasteiger partial charge in [0.05, 0.1) is 0 Å². The predicted molar refractivity (Wildman–Crippen MR) is 197 cm³/mol. The van der Waals surface area contributed by atoms with E-state index in [-0.39, 0.29) is 22.4 Å². The van der Waals surface area contributed by atoms with E-state index in [1.807, 2.05) is 11.8 Å². The molecule has 3 aliphatic rings. The highest BCUT2D eigenvalue weighted by molar-refractivity contribution is 7.99. The summed E-state index contributed by atoms with van der Waals surface area (Å²) in [7, 11) is 0. The van der Waals surface area contributed by atoms with Crippen molar-refractivity contribution in [2.45, 2.75) is 80.2 Å². The maximum Gasteiger partial charge on any atom is 0.169 e. The minimum Gasteiger partial charge on any atom is -0.324 e. The summed E-state index contributed by atoms with van der Waals surface area (Å²) in [6.07, 6.45) is 0.771. The highest BCUT2D eigenvalue weighted by Gasteiger charge is 2.42. The van der Waals surface area contributed by atoms with Gasteiger partial charge in [0.1, 0.15) is 11.7 Å². The Morgan fingerprint density at radius 3 is 1.87 bits per heavy atom. The molecule has 0 saturated carbocycles. The highest BCUT2D eigenvalue weighted by Crippen LogP contribution is 2.51. The van der Waals surface area contributed by atoms with Crippen LogP contribution in [-0.4, -0.2) is 11.7 Å². The van der Waals surface area contributed by atoms with Crippen molar-refractivity contribution >= 4 is 23.4 Å². The quantitative estimate of drug-likeness (QED) is 0.214. The fourth-order valence-corrected chi connectivity index (χ4v) is 9.56. The van der Waals surface area contributed by atoms with E-state index in [4.69, 9.17) is 9.98 Å². The van der Waals surface area contributed by atoms with Crippen LogP contribution in [0.25, 0.3) is 11.1 Å². The summed E-state index contributed by atoms with van der Waals surface area (Å²) in [5.41, 5.74) is 11.4. The number of rotatable bonds is 4. The van der Waals surface area contributed by atoms with Crippen molar-refractivity contribution in [3.05, 3.63) is 154 Å². The lowest BCUT2D eigenvalue weighted by Gasteiger charge is -2.35. The van der Waals surface area contributed by atoms with Crippen LogP contribution in [0.4, 0.5) is 0 Å². The van der Waals surface area contributed by atoms with E-state index in [0.29, 0.717) is 0 Å². The molecule has 0 spiro atoms. The van der Waals surface area contributed by atoms with Gasteiger partial charge < -0.3 is 5.32 Å².